The summed E-state index contributed by atoms with van der Waals surface area (Å²) >= 11 is 1.68. The van der Waals surface area contributed by atoms with E-state index in [4.69, 9.17) is 4.74 Å². The number of nitrogens with one attached hydrogen (secondary N) is 1. The summed E-state index contributed by atoms with van der Waals surface area (Å²) in [5, 5.41) is 12.3. The molecule has 0 saturated heterocycles. The molecule has 4 nitrogen and oxygen atoms in total. The van der Waals surface area contributed by atoms with Crippen LogP contribution in [-0.2, 0) is 11.4 Å². The van der Waals surface area contributed by atoms with Crippen molar-refractivity contribution in [3.8, 4) is 5.75 Å². The monoisotopic (exact) mass is 359 g/mol. The third-order valence-corrected chi connectivity index (χ3v) is 4.89. The predicted molar refractivity (Wildman–Crippen MR) is 103 cm³/mol. The predicted octanol–water partition coefficient (Wildman–Crippen LogP) is 4.32. The van der Waals surface area contributed by atoms with Crippen LogP contribution in [0.15, 0.2) is 41.3 Å². The van der Waals surface area contributed by atoms with Gasteiger partial charge in [0.05, 0.1) is 13.2 Å². The number of hydrogen-bond acceptors (Lipinski definition) is 4. The fraction of sp³-hybridized carbons (Fsp3) is 0.350. The molecule has 0 aliphatic rings. The van der Waals surface area contributed by atoms with Gasteiger partial charge in [0, 0.05) is 28.3 Å². The van der Waals surface area contributed by atoms with Gasteiger partial charge in [-0.05, 0) is 62.2 Å². The van der Waals surface area contributed by atoms with Crippen LogP contribution >= 0.6 is 11.8 Å². The van der Waals surface area contributed by atoms with Gasteiger partial charge in [-0.1, -0.05) is 6.07 Å². The Labute approximate surface area is 153 Å². The second-order valence-corrected chi connectivity index (χ2v) is 6.97. The molecular weight excluding hydrogens is 334 g/mol. The second-order valence-electron chi connectivity index (χ2n) is 5.81. The minimum Gasteiger partial charge on any atom is -0.494 e. The van der Waals surface area contributed by atoms with Crippen LogP contribution in [0.3, 0.4) is 0 Å². The van der Waals surface area contributed by atoms with Gasteiger partial charge in [0.1, 0.15) is 5.75 Å². The number of aliphatic hydroxyl groups is 1. The summed E-state index contributed by atoms with van der Waals surface area (Å²) in [6.45, 7) is 6.49. The Morgan fingerprint density at radius 2 is 1.96 bits per heavy atom. The summed E-state index contributed by atoms with van der Waals surface area (Å²) in [5.74, 6) is 1.33. The molecule has 134 valence electrons. The summed E-state index contributed by atoms with van der Waals surface area (Å²) in [4.78, 5) is 13.3. The van der Waals surface area contributed by atoms with E-state index in [0.717, 1.165) is 5.75 Å². The van der Waals surface area contributed by atoms with Crippen LogP contribution in [0.1, 0.15) is 30.0 Å². The molecule has 0 aliphatic heterocycles. The highest BCUT2D eigenvalue weighted by Crippen LogP contribution is 2.24. The number of thioether (sulfide) groups is 1. The molecule has 0 aromatic heterocycles. The number of rotatable bonds is 8. The minimum absolute atomic E-state index is 0.0376. The van der Waals surface area contributed by atoms with E-state index in [1.165, 1.54) is 16.0 Å². The number of amides is 1. The van der Waals surface area contributed by atoms with Gasteiger partial charge in [-0.3, -0.25) is 4.79 Å². The number of hydrogen-bond donors (Lipinski definition) is 2. The van der Waals surface area contributed by atoms with E-state index in [1.54, 1.807) is 30.0 Å². The lowest BCUT2D eigenvalue weighted by molar-refractivity contribution is -0.115. The van der Waals surface area contributed by atoms with Gasteiger partial charge in [-0.15, -0.1) is 11.8 Å². The Hall–Kier alpha value is -1.98. The highest BCUT2D eigenvalue weighted by atomic mass is 32.2. The van der Waals surface area contributed by atoms with Crippen molar-refractivity contribution in [3.05, 3.63) is 53.1 Å². The molecule has 2 N–H and O–H groups in total. The lowest BCUT2D eigenvalue weighted by Gasteiger charge is -2.11. The Morgan fingerprint density at radius 3 is 2.64 bits per heavy atom. The zero-order chi connectivity index (χ0) is 18.2. The van der Waals surface area contributed by atoms with E-state index in [9.17, 15) is 9.90 Å². The van der Waals surface area contributed by atoms with Gasteiger partial charge in [0.15, 0.2) is 0 Å². The third kappa shape index (κ3) is 5.80. The molecule has 0 radical (unpaired) electrons. The normalized spacial score (nSPS) is 10.6. The first-order chi connectivity index (χ1) is 12.0. The number of benzene rings is 2. The quantitative estimate of drug-likeness (QED) is 0.689. The number of carbonyl (C=O) groups excluding carboxylic acids is 1. The van der Waals surface area contributed by atoms with Crippen LogP contribution in [0.4, 0.5) is 5.69 Å². The Balaban J connectivity index is 1.86. The summed E-state index contributed by atoms with van der Waals surface area (Å²) in [5.41, 5.74) is 3.88. The van der Waals surface area contributed by atoms with Gasteiger partial charge in [-0.2, -0.15) is 0 Å². The third-order valence-electron chi connectivity index (χ3n) is 3.89. The summed E-state index contributed by atoms with van der Waals surface area (Å²) < 4.78 is 5.44. The molecule has 2 aromatic carbocycles. The van der Waals surface area contributed by atoms with Crippen molar-refractivity contribution in [2.45, 2.75) is 38.7 Å². The maximum Gasteiger partial charge on any atom is 0.225 e. The minimum atomic E-state index is -0.123. The van der Waals surface area contributed by atoms with Crippen molar-refractivity contribution in [1.29, 1.82) is 0 Å². The number of anilines is 1. The van der Waals surface area contributed by atoms with Crippen LogP contribution in [0.25, 0.3) is 0 Å². The van der Waals surface area contributed by atoms with Crippen LogP contribution in [0, 0.1) is 13.8 Å². The first-order valence-electron chi connectivity index (χ1n) is 8.40. The maximum absolute atomic E-state index is 12.1. The Morgan fingerprint density at radius 1 is 1.16 bits per heavy atom. The maximum atomic E-state index is 12.1. The molecule has 0 heterocycles. The molecule has 2 aromatic rings. The van der Waals surface area contributed by atoms with E-state index in [1.807, 2.05) is 6.92 Å². The van der Waals surface area contributed by atoms with E-state index >= 15 is 0 Å². The van der Waals surface area contributed by atoms with Gasteiger partial charge in [0.2, 0.25) is 5.91 Å². The molecule has 0 saturated carbocycles. The van der Waals surface area contributed by atoms with Crippen molar-refractivity contribution < 1.29 is 14.6 Å². The van der Waals surface area contributed by atoms with Gasteiger partial charge < -0.3 is 15.2 Å². The van der Waals surface area contributed by atoms with Gasteiger partial charge in [0.25, 0.3) is 0 Å². The lowest BCUT2D eigenvalue weighted by atomic mass is 10.1. The summed E-state index contributed by atoms with van der Waals surface area (Å²) in [6.07, 6.45) is 0.430. The zero-order valence-electron chi connectivity index (χ0n) is 15.0. The first-order valence-corrected chi connectivity index (χ1v) is 9.38. The van der Waals surface area contributed by atoms with E-state index in [0.29, 0.717) is 30.0 Å². The first kappa shape index (κ1) is 19.3. The lowest BCUT2D eigenvalue weighted by Crippen LogP contribution is -2.12. The second kappa shape index (κ2) is 9.49. The standard InChI is InChI=1S/C20H25NO3S/c1-4-24-19-8-6-17(12-16(19)13-22)21-20(23)9-10-25-18-7-5-14(2)15(3)11-18/h5-8,11-12,22H,4,9-10,13H2,1-3H3,(H,21,23). The fourth-order valence-corrected chi connectivity index (χ4v) is 3.31. The molecule has 1 amide bonds. The molecule has 2 rings (SSSR count). The molecular formula is C20H25NO3S. The van der Waals surface area contributed by atoms with Crippen LogP contribution in [0.5, 0.6) is 5.75 Å². The Kier molecular flexibility index (Phi) is 7.34. The molecule has 0 atom stereocenters. The zero-order valence-corrected chi connectivity index (χ0v) is 15.8. The van der Waals surface area contributed by atoms with E-state index in [2.05, 4.69) is 37.4 Å². The smallest absolute Gasteiger partial charge is 0.225 e. The highest BCUT2D eigenvalue weighted by molar-refractivity contribution is 7.99. The summed E-state index contributed by atoms with van der Waals surface area (Å²) in [6, 6.07) is 11.7. The fourth-order valence-electron chi connectivity index (χ4n) is 2.37. The van der Waals surface area contributed by atoms with Crippen molar-refractivity contribution in [2.24, 2.45) is 0 Å². The van der Waals surface area contributed by atoms with Crippen LogP contribution in [0.2, 0.25) is 0 Å². The Bertz CT molecular complexity index is 731. The molecule has 0 aliphatic carbocycles. The van der Waals surface area contributed by atoms with Crippen molar-refractivity contribution >= 4 is 23.4 Å². The number of carbonyl (C=O) groups is 1. The average Bonchev–Trinajstić information content (AvgIpc) is 2.59. The number of aryl methyl sites for hydroxylation is 2. The van der Waals surface area contributed by atoms with Crippen molar-refractivity contribution in [1.82, 2.24) is 0 Å². The van der Waals surface area contributed by atoms with Crippen molar-refractivity contribution in [2.75, 3.05) is 17.7 Å². The number of ether oxygens (including phenoxy) is 1. The van der Waals surface area contributed by atoms with E-state index in [-0.39, 0.29) is 12.5 Å². The molecule has 25 heavy (non-hydrogen) atoms. The van der Waals surface area contributed by atoms with Crippen LogP contribution in [-0.4, -0.2) is 23.4 Å². The van der Waals surface area contributed by atoms with E-state index < -0.39 is 0 Å². The topological polar surface area (TPSA) is 58.6 Å². The van der Waals surface area contributed by atoms with Gasteiger partial charge >= 0.3 is 0 Å². The van der Waals surface area contributed by atoms with Crippen LogP contribution < -0.4 is 10.1 Å². The average molecular weight is 359 g/mol. The molecule has 0 unspecified atom stereocenters. The van der Waals surface area contributed by atoms with Gasteiger partial charge in [-0.25, -0.2) is 0 Å². The molecule has 0 fully saturated rings. The SMILES string of the molecule is CCOc1ccc(NC(=O)CCSc2ccc(C)c(C)c2)cc1CO. The molecule has 0 spiro atoms. The molecule has 0 bridgehead atoms. The largest absolute Gasteiger partial charge is 0.494 e. The van der Waals surface area contributed by atoms with Crippen molar-refractivity contribution in [3.63, 3.8) is 0 Å². The number of aliphatic hydroxyl groups excluding tert-OH is 1. The summed E-state index contributed by atoms with van der Waals surface area (Å²) in [7, 11) is 0. The molecule has 5 heteroatoms. The highest BCUT2D eigenvalue weighted by Gasteiger charge is 2.07.